The average Bonchev–Trinajstić information content (AvgIpc) is 1.69. The molecule has 0 aromatic carbocycles. The van der Waals surface area contributed by atoms with Crippen LogP contribution < -0.4 is 0 Å². The summed E-state index contributed by atoms with van der Waals surface area (Å²) >= 11 is 2.25. The molecule has 0 saturated carbocycles. The molecule has 0 aliphatic rings. The van der Waals surface area contributed by atoms with Gasteiger partial charge in [-0.25, -0.2) is 0 Å². The van der Waals surface area contributed by atoms with Gasteiger partial charge in [0.1, 0.15) is 6.79 Å². The highest BCUT2D eigenvalue weighted by Gasteiger charge is 1.78. The molecule has 44 valence electrons. The van der Waals surface area contributed by atoms with Gasteiger partial charge < -0.3 is 9.47 Å². The van der Waals surface area contributed by atoms with Gasteiger partial charge in [-0.15, -0.1) is 0 Å². The topological polar surface area (TPSA) is 18.5 Å². The van der Waals surface area contributed by atoms with E-state index in [-0.39, 0.29) is 0 Å². The Labute approximate surface area is 57.3 Å². The van der Waals surface area contributed by atoms with Crippen molar-refractivity contribution in [2.45, 2.75) is 0 Å². The Balaban J connectivity index is 2.45. The molecule has 0 fully saturated rings. The van der Waals surface area contributed by atoms with Crippen LogP contribution >= 0.6 is 22.6 Å². The number of rotatable bonds is 4. The van der Waals surface area contributed by atoms with Gasteiger partial charge in [0.25, 0.3) is 0 Å². The van der Waals surface area contributed by atoms with Gasteiger partial charge >= 0.3 is 0 Å². The zero-order valence-corrected chi connectivity index (χ0v) is 6.47. The summed E-state index contributed by atoms with van der Waals surface area (Å²) in [6.45, 7) is 1.21. The summed E-state index contributed by atoms with van der Waals surface area (Å²) in [4.78, 5) is 0. The van der Waals surface area contributed by atoms with Crippen LogP contribution in [0.1, 0.15) is 0 Å². The van der Waals surface area contributed by atoms with Crippen molar-refractivity contribution >= 4 is 22.6 Å². The first-order chi connectivity index (χ1) is 3.41. The van der Waals surface area contributed by atoms with Gasteiger partial charge in [0, 0.05) is 11.5 Å². The Kier molecular flexibility index (Phi) is 7.27. The van der Waals surface area contributed by atoms with Crippen LogP contribution in [-0.4, -0.2) is 24.9 Å². The van der Waals surface area contributed by atoms with E-state index < -0.39 is 0 Å². The molecule has 7 heavy (non-hydrogen) atoms. The molecular formula is C4H9IO2. The molecule has 0 atom stereocenters. The molecule has 0 amide bonds. The molecule has 2 nitrogen and oxygen atoms in total. The molecule has 0 heterocycles. The van der Waals surface area contributed by atoms with Crippen LogP contribution in [0.15, 0.2) is 0 Å². The number of hydrogen-bond donors (Lipinski definition) is 0. The molecule has 0 radical (unpaired) electrons. The van der Waals surface area contributed by atoms with E-state index in [1.165, 1.54) is 0 Å². The molecule has 3 heteroatoms. The summed E-state index contributed by atoms with van der Waals surface area (Å²) in [5, 5.41) is 0. The highest BCUT2D eigenvalue weighted by Crippen LogP contribution is 1.81. The van der Waals surface area contributed by atoms with Gasteiger partial charge in [-0.1, -0.05) is 22.6 Å². The van der Waals surface area contributed by atoms with Crippen LogP contribution in [0.2, 0.25) is 0 Å². The van der Waals surface area contributed by atoms with Gasteiger partial charge in [-0.2, -0.15) is 0 Å². The Morgan fingerprint density at radius 3 is 2.71 bits per heavy atom. The zero-order valence-electron chi connectivity index (χ0n) is 4.32. The molecule has 0 N–H and O–H groups in total. The van der Waals surface area contributed by atoms with Crippen LogP contribution in [0.25, 0.3) is 0 Å². The lowest BCUT2D eigenvalue weighted by Gasteiger charge is -1.95. The molecular weight excluding hydrogens is 207 g/mol. The first kappa shape index (κ1) is 7.65. The lowest BCUT2D eigenvalue weighted by atomic mass is 10.9. The summed E-state index contributed by atoms with van der Waals surface area (Å²) in [6, 6.07) is 0. The van der Waals surface area contributed by atoms with Crippen LogP contribution in [-0.2, 0) is 9.47 Å². The van der Waals surface area contributed by atoms with Crippen molar-refractivity contribution in [1.82, 2.24) is 0 Å². The van der Waals surface area contributed by atoms with E-state index in [1.54, 1.807) is 7.11 Å². The lowest BCUT2D eigenvalue weighted by Crippen LogP contribution is -1.98. The summed E-state index contributed by atoms with van der Waals surface area (Å²) in [6.07, 6.45) is 0. The van der Waals surface area contributed by atoms with Crippen molar-refractivity contribution in [1.29, 1.82) is 0 Å². The maximum Gasteiger partial charge on any atom is 0.146 e. The van der Waals surface area contributed by atoms with Gasteiger partial charge in [0.2, 0.25) is 0 Å². The van der Waals surface area contributed by atoms with Crippen LogP contribution in [0.4, 0.5) is 0 Å². The van der Waals surface area contributed by atoms with E-state index in [1.807, 2.05) is 0 Å². The Morgan fingerprint density at radius 2 is 2.29 bits per heavy atom. The predicted octanol–water partition coefficient (Wildman–Crippen LogP) is 1.04. The van der Waals surface area contributed by atoms with Gasteiger partial charge in [-0.05, 0) is 0 Å². The number of hydrogen-bond acceptors (Lipinski definition) is 2. The van der Waals surface area contributed by atoms with E-state index in [0.717, 1.165) is 11.0 Å². The van der Waals surface area contributed by atoms with Crippen molar-refractivity contribution in [3.63, 3.8) is 0 Å². The first-order valence-electron chi connectivity index (χ1n) is 2.04. The number of ether oxygens (including phenoxy) is 2. The second kappa shape index (κ2) is 6.65. The van der Waals surface area contributed by atoms with Gasteiger partial charge in [0.15, 0.2) is 0 Å². The normalized spacial score (nSPS) is 9.43. The number of alkyl halides is 1. The summed E-state index contributed by atoms with van der Waals surface area (Å²) in [7, 11) is 1.62. The second-order valence-corrected chi connectivity index (χ2v) is 2.08. The van der Waals surface area contributed by atoms with Crippen molar-refractivity contribution in [3.05, 3.63) is 0 Å². The molecule has 0 rings (SSSR count). The third-order valence-corrected chi connectivity index (χ3v) is 0.863. The number of methoxy groups -OCH3 is 1. The minimum Gasteiger partial charge on any atom is -0.359 e. The zero-order chi connectivity index (χ0) is 5.54. The Morgan fingerprint density at radius 1 is 1.57 bits per heavy atom. The smallest absolute Gasteiger partial charge is 0.146 e. The fourth-order valence-electron chi connectivity index (χ4n) is 0.197. The fraction of sp³-hybridized carbons (Fsp3) is 1.00. The third-order valence-electron chi connectivity index (χ3n) is 0.423. The molecule has 0 saturated heterocycles. The SMILES string of the molecule is COCOCCI. The highest BCUT2D eigenvalue weighted by molar-refractivity contribution is 14.1. The number of halogens is 1. The summed E-state index contributed by atoms with van der Waals surface area (Å²) in [5.41, 5.74) is 0. The largest absolute Gasteiger partial charge is 0.359 e. The minimum atomic E-state index is 0.420. The lowest BCUT2D eigenvalue weighted by molar-refractivity contribution is -0.0232. The Bertz CT molecular complexity index is 28.9. The van der Waals surface area contributed by atoms with E-state index >= 15 is 0 Å². The maximum atomic E-state index is 4.90. The molecule has 0 aromatic heterocycles. The molecule has 0 aliphatic heterocycles. The average molecular weight is 216 g/mol. The van der Waals surface area contributed by atoms with Crippen LogP contribution in [0, 0.1) is 0 Å². The van der Waals surface area contributed by atoms with Crippen molar-refractivity contribution in [3.8, 4) is 0 Å². The second-order valence-electron chi connectivity index (χ2n) is 1.00. The molecule has 0 unspecified atom stereocenters. The van der Waals surface area contributed by atoms with E-state index in [9.17, 15) is 0 Å². The molecule has 0 spiro atoms. The molecule has 0 aliphatic carbocycles. The maximum absolute atomic E-state index is 4.90. The highest BCUT2D eigenvalue weighted by atomic mass is 127. The van der Waals surface area contributed by atoms with Crippen molar-refractivity contribution in [2.75, 3.05) is 24.9 Å². The van der Waals surface area contributed by atoms with Gasteiger partial charge in [-0.3, -0.25) is 0 Å². The minimum absolute atomic E-state index is 0.420. The standard InChI is InChI=1S/C4H9IO2/c1-6-4-7-3-2-5/h2-4H2,1H3. The first-order valence-corrected chi connectivity index (χ1v) is 3.57. The predicted molar refractivity (Wildman–Crippen MR) is 36.7 cm³/mol. The molecule has 0 bridgehead atoms. The summed E-state index contributed by atoms with van der Waals surface area (Å²) in [5.74, 6) is 0. The van der Waals surface area contributed by atoms with Crippen LogP contribution in [0.3, 0.4) is 0 Å². The van der Waals surface area contributed by atoms with Crippen molar-refractivity contribution in [2.24, 2.45) is 0 Å². The van der Waals surface area contributed by atoms with Gasteiger partial charge in [0.05, 0.1) is 6.61 Å². The van der Waals surface area contributed by atoms with Crippen LogP contribution in [0.5, 0.6) is 0 Å². The van der Waals surface area contributed by atoms with Crippen molar-refractivity contribution < 1.29 is 9.47 Å². The monoisotopic (exact) mass is 216 g/mol. The van der Waals surface area contributed by atoms with E-state index in [0.29, 0.717) is 6.79 Å². The molecule has 0 aromatic rings. The third kappa shape index (κ3) is 6.65. The summed E-state index contributed by atoms with van der Waals surface area (Å²) < 4.78 is 10.5. The fourth-order valence-corrected chi connectivity index (χ4v) is 0.508. The Hall–Kier alpha value is 0.650. The van der Waals surface area contributed by atoms with E-state index in [4.69, 9.17) is 4.74 Å². The quantitative estimate of drug-likeness (QED) is 0.302. The van der Waals surface area contributed by atoms with E-state index in [2.05, 4.69) is 27.3 Å².